The summed E-state index contributed by atoms with van der Waals surface area (Å²) in [5, 5.41) is 0.485. The van der Waals surface area contributed by atoms with Gasteiger partial charge in [-0.25, -0.2) is 4.79 Å². The van der Waals surface area contributed by atoms with Crippen LogP contribution in [0.4, 0.5) is 26.3 Å². The zero-order chi connectivity index (χ0) is 37.5. The lowest BCUT2D eigenvalue weighted by Crippen LogP contribution is -2.54. The molecule has 3 aromatic rings. The molecule has 52 heavy (non-hydrogen) atoms. The van der Waals surface area contributed by atoms with Crippen LogP contribution in [0.15, 0.2) is 60.7 Å². The SMILES string of the molecule is COCC(=O)O[C@H]1Cc2ccccc2C12CCN(CC[C@@]1(c3ccc(Cl)c(Cl)c3)CN(C(=O)c3cc(C(F)(F)F)cc(C(F)(F)F)c3)CCO1)CC2. The van der Waals surface area contributed by atoms with Gasteiger partial charge in [-0.15, -0.1) is 0 Å². The van der Waals surface area contributed by atoms with Crippen molar-refractivity contribution in [2.45, 2.75) is 55.2 Å². The minimum absolute atomic E-state index is 0.00512. The molecule has 1 amide bonds. The standard InChI is InChI=1S/C37H36Cl2F6N2O5/c1-50-21-32(48)52-31-18-23-4-2-3-5-28(23)34(31)8-11-46(12-9-34)13-10-35(25-6-7-29(38)30(39)20-25)22-47(14-15-51-35)33(49)24-16-26(36(40,41)42)19-27(17-24)37(43,44)45/h2-7,16-17,19-20,31H,8-15,18,21-22H2,1H3/t31-,35-/m0/s1. The number of morpholine rings is 1. The second kappa shape index (κ2) is 14.8. The fourth-order valence-corrected chi connectivity index (χ4v) is 8.09. The number of esters is 1. The van der Waals surface area contributed by atoms with Gasteiger partial charge in [0.2, 0.25) is 0 Å². The van der Waals surface area contributed by atoms with Crippen LogP contribution in [0.25, 0.3) is 0 Å². The number of methoxy groups -OCH3 is 1. The number of benzene rings is 3. The molecular weight excluding hydrogens is 737 g/mol. The molecule has 2 aliphatic heterocycles. The van der Waals surface area contributed by atoms with Crippen LogP contribution in [0.5, 0.6) is 0 Å². The van der Waals surface area contributed by atoms with E-state index in [2.05, 4.69) is 11.0 Å². The molecule has 0 aromatic heterocycles. The summed E-state index contributed by atoms with van der Waals surface area (Å²) in [5.74, 6) is -1.42. The van der Waals surface area contributed by atoms with Gasteiger partial charge in [0, 0.05) is 37.6 Å². The molecule has 0 radical (unpaired) electrons. The van der Waals surface area contributed by atoms with E-state index in [1.165, 1.54) is 12.0 Å². The first-order valence-corrected chi connectivity index (χ1v) is 17.5. The summed E-state index contributed by atoms with van der Waals surface area (Å²) >= 11 is 12.6. The van der Waals surface area contributed by atoms with E-state index in [1.54, 1.807) is 18.2 Å². The van der Waals surface area contributed by atoms with Gasteiger partial charge < -0.3 is 24.0 Å². The maximum atomic E-state index is 13.7. The third kappa shape index (κ3) is 7.79. The molecule has 3 aromatic carbocycles. The highest BCUT2D eigenvalue weighted by Crippen LogP contribution is 2.48. The highest BCUT2D eigenvalue weighted by Gasteiger charge is 2.51. The number of fused-ring (bicyclic) bond motifs is 2. The average Bonchev–Trinajstić information content (AvgIpc) is 3.39. The van der Waals surface area contributed by atoms with Gasteiger partial charge in [-0.2, -0.15) is 26.3 Å². The molecule has 0 bridgehead atoms. The quantitative estimate of drug-likeness (QED) is 0.171. The zero-order valence-corrected chi connectivity index (χ0v) is 29.6. The Kier molecular flexibility index (Phi) is 10.9. The average molecular weight is 774 g/mol. The number of hydrogen-bond donors (Lipinski definition) is 0. The number of carbonyl (C=O) groups is 2. The molecule has 2 fully saturated rings. The number of ether oxygens (including phenoxy) is 3. The topological polar surface area (TPSA) is 68.3 Å². The Labute approximate surface area is 306 Å². The van der Waals surface area contributed by atoms with Crippen LogP contribution in [-0.4, -0.2) is 80.8 Å². The first-order chi connectivity index (χ1) is 24.5. The molecule has 1 spiro atoms. The Bertz CT molecular complexity index is 1780. The summed E-state index contributed by atoms with van der Waals surface area (Å²) < 4.78 is 99.2. The van der Waals surface area contributed by atoms with E-state index in [1.807, 2.05) is 18.2 Å². The Morgan fingerprint density at radius 1 is 0.904 bits per heavy atom. The van der Waals surface area contributed by atoms with Crippen LogP contribution in [0.3, 0.4) is 0 Å². The van der Waals surface area contributed by atoms with Gasteiger partial charge >= 0.3 is 18.3 Å². The van der Waals surface area contributed by atoms with Crippen molar-refractivity contribution >= 4 is 35.1 Å². The maximum Gasteiger partial charge on any atom is 0.416 e. The van der Waals surface area contributed by atoms with E-state index in [0.717, 1.165) is 11.1 Å². The fourth-order valence-electron chi connectivity index (χ4n) is 7.79. The molecule has 3 aliphatic rings. The molecule has 0 N–H and O–H groups in total. The minimum Gasteiger partial charge on any atom is -0.459 e. The van der Waals surface area contributed by atoms with Crippen molar-refractivity contribution in [3.05, 3.63) is 104 Å². The van der Waals surface area contributed by atoms with Crippen molar-refractivity contribution in [1.29, 1.82) is 0 Å². The monoisotopic (exact) mass is 772 g/mol. The minimum atomic E-state index is -5.11. The lowest BCUT2D eigenvalue weighted by molar-refractivity contribution is -0.158. The molecule has 0 saturated carbocycles. The zero-order valence-electron chi connectivity index (χ0n) is 28.1. The largest absolute Gasteiger partial charge is 0.459 e. The number of halogens is 8. The van der Waals surface area contributed by atoms with E-state index < -0.39 is 46.5 Å². The van der Waals surface area contributed by atoms with Crippen LogP contribution in [0.2, 0.25) is 10.0 Å². The molecule has 2 saturated heterocycles. The van der Waals surface area contributed by atoms with Crippen molar-refractivity contribution in [3.63, 3.8) is 0 Å². The summed E-state index contributed by atoms with van der Waals surface area (Å²) in [6, 6.07) is 13.8. The number of hydrogen-bond acceptors (Lipinski definition) is 6. The fraction of sp³-hybridized carbons (Fsp3) is 0.459. The number of amides is 1. The molecule has 7 nitrogen and oxygen atoms in total. The number of piperidine rings is 1. The molecule has 0 unspecified atom stereocenters. The van der Waals surface area contributed by atoms with Gasteiger partial charge in [0.1, 0.15) is 18.3 Å². The van der Waals surface area contributed by atoms with Gasteiger partial charge in [0.05, 0.1) is 34.3 Å². The van der Waals surface area contributed by atoms with Gasteiger partial charge in [-0.1, -0.05) is 53.5 Å². The number of rotatable bonds is 8. The van der Waals surface area contributed by atoms with Crippen LogP contribution in [0, 0.1) is 0 Å². The number of nitrogens with zero attached hydrogens (tertiary/aromatic N) is 2. The van der Waals surface area contributed by atoms with Crippen molar-refractivity contribution in [2.75, 3.05) is 53.0 Å². The van der Waals surface area contributed by atoms with Crippen molar-refractivity contribution in [3.8, 4) is 0 Å². The van der Waals surface area contributed by atoms with Crippen molar-refractivity contribution < 1.29 is 50.1 Å². The summed E-state index contributed by atoms with van der Waals surface area (Å²) in [6.45, 7) is 1.33. The number of likely N-dealkylation sites (tertiary alicyclic amines) is 1. The van der Waals surface area contributed by atoms with Gasteiger partial charge in [0.25, 0.3) is 5.91 Å². The third-order valence-corrected chi connectivity index (χ3v) is 11.2. The van der Waals surface area contributed by atoms with Crippen LogP contribution < -0.4 is 0 Å². The first kappa shape index (κ1) is 38.4. The molecule has 280 valence electrons. The second-order valence-electron chi connectivity index (χ2n) is 13.5. The predicted octanol–water partition coefficient (Wildman–Crippen LogP) is 7.94. The molecule has 1 aliphatic carbocycles. The summed E-state index contributed by atoms with van der Waals surface area (Å²) in [6.07, 6.45) is -8.28. The Balaban J connectivity index is 1.24. The Morgan fingerprint density at radius 2 is 1.58 bits per heavy atom. The van der Waals surface area contributed by atoms with E-state index >= 15 is 0 Å². The molecule has 6 rings (SSSR count). The van der Waals surface area contributed by atoms with E-state index in [0.29, 0.717) is 63.0 Å². The van der Waals surface area contributed by atoms with Crippen molar-refractivity contribution in [1.82, 2.24) is 9.80 Å². The number of carbonyl (C=O) groups excluding carboxylic acids is 2. The summed E-state index contributed by atoms with van der Waals surface area (Å²) in [5.41, 5.74) is -2.63. The molecule has 15 heteroatoms. The lowest BCUT2D eigenvalue weighted by Gasteiger charge is -2.46. The summed E-state index contributed by atoms with van der Waals surface area (Å²) in [7, 11) is 1.43. The third-order valence-electron chi connectivity index (χ3n) is 10.4. The van der Waals surface area contributed by atoms with Gasteiger partial charge in [-0.3, -0.25) is 4.79 Å². The smallest absolute Gasteiger partial charge is 0.416 e. The molecule has 2 heterocycles. The lowest BCUT2D eigenvalue weighted by atomic mass is 9.72. The Morgan fingerprint density at radius 3 is 2.21 bits per heavy atom. The maximum absolute atomic E-state index is 13.7. The van der Waals surface area contributed by atoms with Crippen molar-refractivity contribution in [2.24, 2.45) is 0 Å². The van der Waals surface area contributed by atoms with Crippen LogP contribution in [-0.2, 0) is 48.8 Å². The van der Waals surface area contributed by atoms with Gasteiger partial charge in [0.15, 0.2) is 0 Å². The highest BCUT2D eigenvalue weighted by atomic mass is 35.5. The number of alkyl halides is 6. The van der Waals surface area contributed by atoms with Gasteiger partial charge in [-0.05, 0) is 79.4 Å². The normalized spacial score (nSPS) is 22.0. The van der Waals surface area contributed by atoms with Crippen LogP contribution >= 0.6 is 23.2 Å². The second-order valence-corrected chi connectivity index (χ2v) is 14.3. The predicted molar refractivity (Wildman–Crippen MR) is 180 cm³/mol. The molecule has 2 atom stereocenters. The van der Waals surface area contributed by atoms with Crippen LogP contribution in [0.1, 0.15) is 57.4 Å². The molecular formula is C37H36Cl2F6N2O5. The van der Waals surface area contributed by atoms with E-state index in [4.69, 9.17) is 37.4 Å². The highest BCUT2D eigenvalue weighted by molar-refractivity contribution is 6.42. The van der Waals surface area contributed by atoms with E-state index in [-0.39, 0.29) is 53.9 Å². The first-order valence-electron chi connectivity index (χ1n) is 16.7. The Hall–Kier alpha value is -3.36. The summed E-state index contributed by atoms with van der Waals surface area (Å²) in [4.78, 5) is 29.7. The van der Waals surface area contributed by atoms with E-state index in [9.17, 15) is 35.9 Å².